The normalized spacial score (nSPS) is 40.9. The van der Waals surface area contributed by atoms with Gasteiger partial charge in [-0.05, 0) is 26.7 Å². The van der Waals surface area contributed by atoms with Crippen molar-refractivity contribution in [2.24, 2.45) is 0 Å². The smallest absolute Gasteiger partial charge is 0.0104 e. The maximum Gasteiger partial charge on any atom is 0.0104 e. The van der Waals surface area contributed by atoms with Crippen LogP contribution in [0.15, 0.2) is 0 Å². The van der Waals surface area contributed by atoms with E-state index in [1.807, 2.05) is 0 Å². The molecule has 1 aliphatic rings. The third-order valence-corrected chi connectivity index (χ3v) is 3.04. The molecule has 0 aromatic heterocycles. The molecule has 48 valence electrons. The van der Waals surface area contributed by atoms with Crippen LogP contribution in [0.2, 0.25) is 0 Å². The molecule has 0 spiro atoms. The molecule has 1 heterocycles. The van der Waals surface area contributed by atoms with E-state index in [2.05, 4.69) is 27.9 Å². The van der Waals surface area contributed by atoms with Gasteiger partial charge in [-0.3, -0.25) is 4.67 Å². The fourth-order valence-corrected chi connectivity index (χ4v) is 1.51. The molecule has 0 radical (unpaired) electrons. The molecule has 1 rings (SSSR count). The third kappa shape index (κ3) is 1.04. The van der Waals surface area contributed by atoms with Crippen molar-refractivity contribution in [1.29, 1.82) is 0 Å². The number of nitrogens with zero attached hydrogens (tertiary/aromatic N) is 1. The molecule has 2 heteroatoms. The van der Waals surface area contributed by atoms with E-state index in [1.54, 1.807) is 0 Å². The van der Waals surface area contributed by atoms with Gasteiger partial charge in [-0.15, -0.1) is 0 Å². The van der Waals surface area contributed by atoms with E-state index in [1.165, 1.54) is 12.8 Å². The first kappa shape index (κ1) is 6.51. The molecular formula is C6H14NP. The zero-order chi connectivity index (χ0) is 6.15. The van der Waals surface area contributed by atoms with Gasteiger partial charge in [0.1, 0.15) is 0 Å². The fraction of sp³-hybridized carbons (Fsp3) is 1.00. The highest BCUT2D eigenvalue weighted by molar-refractivity contribution is 7.13. The lowest BCUT2D eigenvalue weighted by molar-refractivity contribution is 0.392. The van der Waals surface area contributed by atoms with Crippen molar-refractivity contribution in [1.82, 2.24) is 4.67 Å². The van der Waals surface area contributed by atoms with Gasteiger partial charge in [0.05, 0.1) is 0 Å². The average Bonchev–Trinajstić information content (AvgIpc) is 1.98. The SMILES string of the molecule is CC1CCC(C)N1P. The van der Waals surface area contributed by atoms with Crippen molar-refractivity contribution in [3.05, 3.63) is 0 Å². The van der Waals surface area contributed by atoms with Crippen LogP contribution < -0.4 is 0 Å². The molecule has 1 fully saturated rings. The van der Waals surface area contributed by atoms with Gasteiger partial charge < -0.3 is 0 Å². The Bertz CT molecular complexity index is 74.6. The second-order valence-corrected chi connectivity index (χ2v) is 3.32. The molecule has 3 unspecified atom stereocenters. The summed E-state index contributed by atoms with van der Waals surface area (Å²) in [4.78, 5) is 0. The number of rotatable bonds is 0. The molecule has 3 atom stereocenters. The van der Waals surface area contributed by atoms with Crippen LogP contribution in [0, 0.1) is 0 Å². The summed E-state index contributed by atoms with van der Waals surface area (Å²) in [6, 6.07) is 1.57. The van der Waals surface area contributed by atoms with Crippen molar-refractivity contribution in [2.45, 2.75) is 38.8 Å². The largest absolute Gasteiger partial charge is 0.282 e. The summed E-state index contributed by atoms with van der Waals surface area (Å²) in [6.45, 7) is 4.55. The zero-order valence-corrected chi connectivity index (χ0v) is 6.75. The van der Waals surface area contributed by atoms with Crippen LogP contribution in [0.3, 0.4) is 0 Å². The predicted molar refractivity (Wildman–Crippen MR) is 39.7 cm³/mol. The molecule has 0 aliphatic carbocycles. The van der Waals surface area contributed by atoms with E-state index in [4.69, 9.17) is 0 Å². The van der Waals surface area contributed by atoms with Crippen LogP contribution in [-0.4, -0.2) is 16.8 Å². The Labute approximate surface area is 53.7 Å². The highest BCUT2D eigenvalue weighted by atomic mass is 31.0. The Kier molecular flexibility index (Phi) is 1.89. The minimum absolute atomic E-state index is 0.787. The molecule has 1 saturated heterocycles. The van der Waals surface area contributed by atoms with Crippen molar-refractivity contribution in [3.63, 3.8) is 0 Å². The van der Waals surface area contributed by atoms with Crippen molar-refractivity contribution in [3.8, 4) is 0 Å². The van der Waals surface area contributed by atoms with Crippen LogP contribution in [0.4, 0.5) is 0 Å². The molecule has 0 aromatic rings. The highest BCUT2D eigenvalue weighted by Gasteiger charge is 2.22. The lowest BCUT2D eigenvalue weighted by atomic mass is 10.2. The zero-order valence-electron chi connectivity index (χ0n) is 5.59. The van der Waals surface area contributed by atoms with Gasteiger partial charge >= 0.3 is 0 Å². The monoisotopic (exact) mass is 131 g/mol. The standard InChI is InChI=1S/C6H14NP/c1-5-3-4-6(2)7(5)8/h5-6H,3-4,8H2,1-2H3. The predicted octanol–water partition coefficient (Wildman–Crippen LogP) is 1.65. The van der Waals surface area contributed by atoms with Crippen molar-refractivity contribution < 1.29 is 0 Å². The molecule has 1 aliphatic heterocycles. The van der Waals surface area contributed by atoms with Crippen molar-refractivity contribution in [2.75, 3.05) is 0 Å². The Morgan fingerprint density at radius 2 is 1.62 bits per heavy atom. The van der Waals surface area contributed by atoms with Gasteiger partial charge in [-0.2, -0.15) is 0 Å². The summed E-state index contributed by atoms with van der Waals surface area (Å²) in [5.74, 6) is 0. The minimum atomic E-state index is 0.787. The van der Waals surface area contributed by atoms with E-state index in [0.717, 1.165) is 12.1 Å². The molecule has 8 heavy (non-hydrogen) atoms. The average molecular weight is 131 g/mol. The van der Waals surface area contributed by atoms with Gasteiger partial charge in [-0.25, -0.2) is 0 Å². The second-order valence-electron chi connectivity index (χ2n) is 2.72. The summed E-state index contributed by atoms with van der Waals surface area (Å²) >= 11 is 0. The molecule has 0 amide bonds. The number of hydrogen-bond acceptors (Lipinski definition) is 1. The van der Waals surface area contributed by atoms with Crippen molar-refractivity contribution >= 4 is 9.39 Å². The van der Waals surface area contributed by atoms with Gasteiger partial charge in [0.2, 0.25) is 0 Å². The van der Waals surface area contributed by atoms with Crippen LogP contribution in [0.1, 0.15) is 26.7 Å². The van der Waals surface area contributed by atoms with E-state index < -0.39 is 0 Å². The molecule has 0 N–H and O–H groups in total. The Morgan fingerprint density at radius 1 is 1.25 bits per heavy atom. The first-order valence-corrected chi connectivity index (χ1v) is 3.76. The number of hydrogen-bond donors (Lipinski definition) is 0. The molecular weight excluding hydrogens is 117 g/mol. The minimum Gasteiger partial charge on any atom is -0.282 e. The van der Waals surface area contributed by atoms with Crippen LogP contribution in [0.5, 0.6) is 0 Å². The Balaban J connectivity index is 2.44. The van der Waals surface area contributed by atoms with E-state index in [9.17, 15) is 0 Å². The second kappa shape index (κ2) is 2.33. The maximum atomic E-state index is 2.78. The summed E-state index contributed by atoms with van der Waals surface area (Å²) in [6.07, 6.45) is 2.73. The molecule has 0 bridgehead atoms. The van der Waals surface area contributed by atoms with Crippen LogP contribution in [-0.2, 0) is 0 Å². The van der Waals surface area contributed by atoms with E-state index in [-0.39, 0.29) is 0 Å². The van der Waals surface area contributed by atoms with Gasteiger partial charge in [0, 0.05) is 12.1 Å². The topological polar surface area (TPSA) is 3.24 Å². The fourth-order valence-electron chi connectivity index (χ4n) is 1.21. The first-order chi connectivity index (χ1) is 3.72. The highest BCUT2D eigenvalue weighted by Crippen LogP contribution is 2.26. The van der Waals surface area contributed by atoms with E-state index in [0.29, 0.717) is 0 Å². The Morgan fingerprint density at radius 3 is 1.75 bits per heavy atom. The summed E-state index contributed by atoms with van der Waals surface area (Å²) in [7, 11) is 2.78. The summed E-state index contributed by atoms with van der Waals surface area (Å²) in [5.41, 5.74) is 0. The first-order valence-electron chi connectivity index (χ1n) is 3.25. The van der Waals surface area contributed by atoms with Gasteiger partial charge in [-0.1, -0.05) is 9.39 Å². The molecule has 0 aromatic carbocycles. The van der Waals surface area contributed by atoms with Gasteiger partial charge in [0.25, 0.3) is 0 Å². The quantitative estimate of drug-likeness (QED) is 0.452. The maximum absolute atomic E-state index is 2.78. The van der Waals surface area contributed by atoms with Crippen LogP contribution >= 0.6 is 9.39 Å². The Hall–Kier alpha value is 0.390. The molecule has 0 saturated carbocycles. The lowest BCUT2D eigenvalue weighted by Gasteiger charge is -2.18. The van der Waals surface area contributed by atoms with Gasteiger partial charge in [0.15, 0.2) is 0 Å². The van der Waals surface area contributed by atoms with E-state index >= 15 is 0 Å². The molecule has 1 nitrogen and oxygen atoms in total. The lowest BCUT2D eigenvalue weighted by Crippen LogP contribution is -2.21. The summed E-state index contributed by atoms with van der Waals surface area (Å²) in [5, 5.41) is 0. The van der Waals surface area contributed by atoms with Crippen LogP contribution in [0.25, 0.3) is 0 Å². The third-order valence-electron chi connectivity index (χ3n) is 2.02. The summed E-state index contributed by atoms with van der Waals surface area (Å²) < 4.78 is 2.36.